The van der Waals surface area contributed by atoms with Crippen LogP contribution in [0, 0.1) is 0 Å². The second-order valence-electron chi connectivity index (χ2n) is 5.79. The standard InChI is InChI=1S/C17H27NO/c1-4-13-7-8-15(11-14(13)5-2)16(18)12-17(19-3)9-6-10-17/h7-8,11,16H,4-6,9-10,12,18H2,1-3H3. The van der Waals surface area contributed by atoms with Gasteiger partial charge in [0.05, 0.1) is 5.60 Å². The summed E-state index contributed by atoms with van der Waals surface area (Å²) in [7, 11) is 1.82. The van der Waals surface area contributed by atoms with Gasteiger partial charge in [0, 0.05) is 13.2 Å². The molecule has 2 heteroatoms. The van der Waals surface area contributed by atoms with Gasteiger partial charge in [0.2, 0.25) is 0 Å². The summed E-state index contributed by atoms with van der Waals surface area (Å²) in [4.78, 5) is 0. The fraction of sp³-hybridized carbons (Fsp3) is 0.647. The Morgan fingerprint density at radius 2 is 1.89 bits per heavy atom. The van der Waals surface area contributed by atoms with E-state index in [0.717, 1.165) is 32.1 Å². The van der Waals surface area contributed by atoms with Crippen molar-refractivity contribution in [2.24, 2.45) is 5.73 Å². The van der Waals surface area contributed by atoms with E-state index in [1.54, 1.807) is 0 Å². The topological polar surface area (TPSA) is 35.2 Å². The number of hydrogen-bond donors (Lipinski definition) is 1. The Bertz CT molecular complexity index is 418. The molecule has 1 fully saturated rings. The predicted octanol–water partition coefficient (Wildman–Crippen LogP) is 3.77. The maximum absolute atomic E-state index is 6.40. The lowest BCUT2D eigenvalue weighted by Gasteiger charge is -2.42. The predicted molar refractivity (Wildman–Crippen MR) is 80.3 cm³/mol. The van der Waals surface area contributed by atoms with Crippen LogP contribution in [-0.4, -0.2) is 12.7 Å². The van der Waals surface area contributed by atoms with E-state index in [9.17, 15) is 0 Å². The second kappa shape index (κ2) is 6.06. The van der Waals surface area contributed by atoms with Gasteiger partial charge in [-0.25, -0.2) is 0 Å². The lowest BCUT2D eigenvalue weighted by Crippen LogP contribution is -2.41. The monoisotopic (exact) mass is 261 g/mol. The van der Waals surface area contributed by atoms with Crippen LogP contribution in [0.5, 0.6) is 0 Å². The summed E-state index contributed by atoms with van der Waals surface area (Å²) in [6.45, 7) is 4.43. The van der Waals surface area contributed by atoms with E-state index in [4.69, 9.17) is 10.5 Å². The van der Waals surface area contributed by atoms with Crippen molar-refractivity contribution < 1.29 is 4.74 Å². The van der Waals surface area contributed by atoms with Gasteiger partial charge in [0.15, 0.2) is 0 Å². The summed E-state index contributed by atoms with van der Waals surface area (Å²) in [5.74, 6) is 0. The molecule has 2 N–H and O–H groups in total. The zero-order valence-electron chi connectivity index (χ0n) is 12.5. The molecule has 0 radical (unpaired) electrons. The van der Waals surface area contributed by atoms with Crippen LogP contribution in [0.2, 0.25) is 0 Å². The second-order valence-corrected chi connectivity index (χ2v) is 5.79. The van der Waals surface area contributed by atoms with Gasteiger partial charge in [-0.15, -0.1) is 0 Å². The highest BCUT2D eigenvalue weighted by Crippen LogP contribution is 2.41. The van der Waals surface area contributed by atoms with Gasteiger partial charge in [-0.05, 0) is 55.2 Å². The minimum atomic E-state index is 0.0508. The first-order chi connectivity index (χ1) is 9.14. The highest BCUT2D eigenvalue weighted by Gasteiger charge is 2.38. The molecule has 1 aromatic carbocycles. The average molecular weight is 261 g/mol. The van der Waals surface area contributed by atoms with E-state index in [0.29, 0.717) is 0 Å². The van der Waals surface area contributed by atoms with Gasteiger partial charge >= 0.3 is 0 Å². The average Bonchev–Trinajstić information content (AvgIpc) is 2.41. The molecule has 0 aromatic heterocycles. The molecule has 1 aromatic rings. The molecule has 0 aliphatic heterocycles. The number of aryl methyl sites for hydroxylation is 2. The van der Waals surface area contributed by atoms with Crippen molar-refractivity contribution in [3.8, 4) is 0 Å². The van der Waals surface area contributed by atoms with Crippen LogP contribution in [0.4, 0.5) is 0 Å². The summed E-state index contributed by atoms with van der Waals surface area (Å²) < 4.78 is 5.69. The molecule has 19 heavy (non-hydrogen) atoms. The van der Waals surface area contributed by atoms with E-state index in [2.05, 4.69) is 32.0 Å². The number of rotatable bonds is 6. The first kappa shape index (κ1) is 14.5. The van der Waals surface area contributed by atoms with Gasteiger partial charge in [0.1, 0.15) is 0 Å². The Balaban J connectivity index is 2.12. The minimum Gasteiger partial charge on any atom is -0.378 e. The lowest BCUT2D eigenvalue weighted by atomic mass is 9.74. The van der Waals surface area contributed by atoms with E-state index in [-0.39, 0.29) is 11.6 Å². The molecule has 0 saturated heterocycles. The summed E-state index contributed by atoms with van der Waals surface area (Å²) in [5.41, 5.74) is 10.6. The SMILES string of the molecule is CCc1ccc(C(N)CC2(OC)CCC2)cc1CC. The van der Waals surface area contributed by atoms with Gasteiger partial charge < -0.3 is 10.5 Å². The zero-order valence-corrected chi connectivity index (χ0v) is 12.5. The van der Waals surface area contributed by atoms with Gasteiger partial charge in [-0.3, -0.25) is 0 Å². The zero-order chi connectivity index (χ0) is 13.9. The Morgan fingerprint density at radius 1 is 1.21 bits per heavy atom. The Labute approximate surface area is 117 Å². The first-order valence-electron chi connectivity index (χ1n) is 7.56. The molecule has 0 amide bonds. The third-order valence-electron chi connectivity index (χ3n) is 4.71. The summed E-state index contributed by atoms with van der Waals surface area (Å²) in [6.07, 6.45) is 6.71. The Morgan fingerprint density at radius 3 is 2.37 bits per heavy atom. The van der Waals surface area contributed by atoms with E-state index in [1.807, 2.05) is 7.11 Å². The van der Waals surface area contributed by atoms with Crippen LogP contribution >= 0.6 is 0 Å². The molecule has 1 saturated carbocycles. The molecule has 1 aliphatic carbocycles. The third kappa shape index (κ3) is 3.01. The minimum absolute atomic E-state index is 0.0508. The molecule has 1 atom stereocenters. The van der Waals surface area contributed by atoms with E-state index >= 15 is 0 Å². The van der Waals surface area contributed by atoms with Crippen molar-refractivity contribution in [1.29, 1.82) is 0 Å². The van der Waals surface area contributed by atoms with Crippen molar-refractivity contribution in [1.82, 2.24) is 0 Å². The van der Waals surface area contributed by atoms with Crippen LogP contribution in [0.3, 0.4) is 0 Å². The molecule has 0 bridgehead atoms. The van der Waals surface area contributed by atoms with Crippen molar-refractivity contribution >= 4 is 0 Å². The molecular weight excluding hydrogens is 234 g/mol. The van der Waals surface area contributed by atoms with Crippen molar-refractivity contribution in [2.75, 3.05) is 7.11 Å². The number of benzene rings is 1. The Hall–Kier alpha value is -0.860. The fourth-order valence-electron chi connectivity index (χ4n) is 3.13. The first-order valence-corrected chi connectivity index (χ1v) is 7.56. The molecule has 0 heterocycles. The normalized spacial score (nSPS) is 18.9. The molecule has 0 spiro atoms. The highest BCUT2D eigenvalue weighted by molar-refractivity contribution is 5.34. The van der Waals surface area contributed by atoms with Crippen molar-refractivity contribution in [3.63, 3.8) is 0 Å². The molecule has 1 aliphatic rings. The van der Waals surface area contributed by atoms with Gasteiger partial charge in [0.25, 0.3) is 0 Å². The molecule has 2 nitrogen and oxygen atoms in total. The maximum atomic E-state index is 6.40. The summed E-state index contributed by atoms with van der Waals surface area (Å²) in [6, 6.07) is 6.83. The maximum Gasteiger partial charge on any atom is 0.0696 e. The van der Waals surface area contributed by atoms with Crippen LogP contribution in [-0.2, 0) is 17.6 Å². The van der Waals surface area contributed by atoms with Gasteiger partial charge in [-0.1, -0.05) is 32.0 Å². The quantitative estimate of drug-likeness (QED) is 0.846. The number of nitrogens with two attached hydrogens (primary N) is 1. The summed E-state index contributed by atoms with van der Waals surface area (Å²) >= 11 is 0. The lowest BCUT2D eigenvalue weighted by molar-refractivity contribution is -0.0817. The van der Waals surface area contributed by atoms with Gasteiger partial charge in [-0.2, -0.15) is 0 Å². The third-order valence-corrected chi connectivity index (χ3v) is 4.71. The smallest absolute Gasteiger partial charge is 0.0696 e. The van der Waals surface area contributed by atoms with Crippen molar-refractivity contribution in [2.45, 2.75) is 64.0 Å². The van der Waals surface area contributed by atoms with Crippen molar-refractivity contribution in [3.05, 3.63) is 34.9 Å². The molecule has 2 rings (SSSR count). The largest absolute Gasteiger partial charge is 0.378 e. The fourth-order valence-corrected chi connectivity index (χ4v) is 3.13. The van der Waals surface area contributed by atoms with Crippen LogP contribution < -0.4 is 5.73 Å². The number of ether oxygens (including phenoxy) is 1. The van der Waals surface area contributed by atoms with E-state index in [1.165, 1.54) is 23.1 Å². The molecule has 106 valence electrons. The van der Waals surface area contributed by atoms with Crippen LogP contribution in [0.25, 0.3) is 0 Å². The highest BCUT2D eigenvalue weighted by atomic mass is 16.5. The molecular formula is C17H27NO. The Kier molecular flexibility index (Phi) is 4.64. The van der Waals surface area contributed by atoms with E-state index < -0.39 is 0 Å². The number of methoxy groups -OCH3 is 1. The van der Waals surface area contributed by atoms with Crippen LogP contribution in [0.1, 0.15) is 62.3 Å². The number of hydrogen-bond acceptors (Lipinski definition) is 2. The summed E-state index contributed by atoms with van der Waals surface area (Å²) in [5, 5.41) is 0. The molecule has 1 unspecified atom stereocenters. The van der Waals surface area contributed by atoms with Crippen LogP contribution in [0.15, 0.2) is 18.2 Å².